The summed E-state index contributed by atoms with van der Waals surface area (Å²) in [6, 6.07) is 4.99. The van der Waals surface area contributed by atoms with Crippen molar-refractivity contribution in [2.45, 2.75) is 20.3 Å². The summed E-state index contributed by atoms with van der Waals surface area (Å²) in [4.78, 5) is 11.2. The number of primary amides is 1. The van der Waals surface area contributed by atoms with E-state index in [0.717, 1.165) is 6.42 Å². The minimum absolute atomic E-state index is 0.337. The van der Waals surface area contributed by atoms with Gasteiger partial charge in [-0.3, -0.25) is 4.79 Å². The zero-order chi connectivity index (χ0) is 12.1. The van der Waals surface area contributed by atoms with Crippen molar-refractivity contribution in [1.29, 1.82) is 0 Å². The largest absolute Gasteiger partial charge is 0.491 e. The Labute approximate surface area is 95.6 Å². The Morgan fingerprint density at radius 2 is 2.12 bits per heavy atom. The van der Waals surface area contributed by atoms with Gasteiger partial charge in [0.2, 0.25) is 0 Å². The number of ether oxygens (including phenoxy) is 1. The van der Waals surface area contributed by atoms with E-state index in [1.807, 2.05) is 0 Å². The maximum absolute atomic E-state index is 11.2. The third-order valence-corrected chi connectivity index (χ3v) is 2.25. The van der Waals surface area contributed by atoms with Crippen LogP contribution >= 0.6 is 0 Å². The molecule has 16 heavy (non-hydrogen) atoms. The first kappa shape index (κ1) is 12.4. The number of amides is 1. The molecule has 4 nitrogen and oxygen atoms in total. The third kappa shape index (κ3) is 3.15. The summed E-state index contributed by atoms with van der Waals surface area (Å²) in [6.07, 6.45) is 0.909. The van der Waals surface area contributed by atoms with Gasteiger partial charge in [-0.05, 0) is 24.5 Å². The molecule has 1 aromatic carbocycles. The molecule has 0 spiro atoms. The summed E-state index contributed by atoms with van der Waals surface area (Å²) in [7, 11) is 0. The van der Waals surface area contributed by atoms with E-state index < -0.39 is 5.91 Å². The first-order valence-electron chi connectivity index (χ1n) is 5.33. The lowest BCUT2D eigenvalue weighted by Gasteiger charge is -2.12. The second-order valence-corrected chi connectivity index (χ2v) is 4.12. The van der Waals surface area contributed by atoms with Crippen LogP contribution in [0.4, 0.5) is 5.69 Å². The van der Waals surface area contributed by atoms with Crippen molar-refractivity contribution >= 4 is 11.6 Å². The van der Waals surface area contributed by atoms with Crippen LogP contribution in [0, 0.1) is 5.92 Å². The van der Waals surface area contributed by atoms with Gasteiger partial charge in [0.15, 0.2) is 5.75 Å². The van der Waals surface area contributed by atoms with Gasteiger partial charge < -0.3 is 16.2 Å². The maximum atomic E-state index is 11.2. The minimum atomic E-state index is -0.521. The highest BCUT2D eigenvalue weighted by atomic mass is 16.5. The fraction of sp³-hybridized carbons (Fsp3) is 0.417. The standard InChI is InChI=1S/C12H18N2O2/c1-8(2)6-7-16-11-9(12(14)15)4-3-5-10(11)13/h3-5,8H,6-7,13H2,1-2H3,(H2,14,15). The van der Waals surface area contributed by atoms with Crippen LogP contribution in [0.15, 0.2) is 18.2 Å². The van der Waals surface area contributed by atoms with E-state index in [1.165, 1.54) is 0 Å². The number of anilines is 1. The van der Waals surface area contributed by atoms with Crippen LogP contribution in [-0.4, -0.2) is 12.5 Å². The van der Waals surface area contributed by atoms with Gasteiger partial charge in [-0.25, -0.2) is 0 Å². The Balaban J connectivity index is 2.80. The lowest BCUT2D eigenvalue weighted by Crippen LogP contribution is -2.14. The van der Waals surface area contributed by atoms with Gasteiger partial charge in [-0.1, -0.05) is 19.9 Å². The molecule has 0 saturated heterocycles. The van der Waals surface area contributed by atoms with Gasteiger partial charge in [0.25, 0.3) is 5.91 Å². The van der Waals surface area contributed by atoms with E-state index in [-0.39, 0.29) is 0 Å². The highest BCUT2D eigenvalue weighted by Crippen LogP contribution is 2.26. The van der Waals surface area contributed by atoms with Crippen molar-refractivity contribution in [1.82, 2.24) is 0 Å². The fourth-order valence-corrected chi connectivity index (χ4v) is 1.31. The predicted octanol–water partition coefficient (Wildman–Crippen LogP) is 1.79. The number of nitrogen functional groups attached to an aromatic ring is 1. The monoisotopic (exact) mass is 222 g/mol. The molecule has 4 heteroatoms. The van der Waals surface area contributed by atoms with E-state index in [0.29, 0.717) is 29.5 Å². The molecular formula is C12H18N2O2. The Kier molecular flexibility index (Phi) is 4.17. The number of rotatable bonds is 5. The van der Waals surface area contributed by atoms with Crippen LogP contribution in [-0.2, 0) is 0 Å². The number of hydrogen-bond acceptors (Lipinski definition) is 3. The molecule has 0 aliphatic rings. The molecule has 0 heterocycles. The van der Waals surface area contributed by atoms with Crippen molar-refractivity contribution in [2.75, 3.05) is 12.3 Å². The summed E-state index contributed by atoms with van der Waals surface area (Å²) in [5, 5.41) is 0. The Morgan fingerprint density at radius 1 is 1.44 bits per heavy atom. The molecule has 0 aliphatic heterocycles. The normalized spacial score (nSPS) is 10.4. The second kappa shape index (κ2) is 5.39. The average Bonchev–Trinajstić information content (AvgIpc) is 2.19. The fourth-order valence-electron chi connectivity index (χ4n) is 1.31. The molecule has 0 bridgehead atoms. The van der Waals surface area contributed by atoms with E-state index in [9.17, 15) is 4.79 Å². The number of benzene rings is 1. The molecule has 1 rings (SSSR count). The van der Waals surface area contributed by atoms with Crippen molar-refractivity contribution in [2.24, 2.45) is 11.7 Å². The lowest BCUT2D eigenvalue weighted by molar-refractivity contribution is 0.0996. The van der Waals surface area contributed by atoms with Gasteiger partial charge in [0.1, 0.15) is 0 Å². The molecule has 0 aliphatic carbocycles. The van der Waals surface area contributed by atoms with Crippen molar-refractivity contribution in [3.05, 3.63) is 23.8 Å². The molecule has 0 saturated carbocycles. The summed E-state index contributed by atoms with van der Waals surface area (Å²) < 4.78 is 5.51. The predicted molar refractivity (Wildman–Crippen MR) is 64.3 cm³/mol. The number of nitrogens with two attached hydrogens (primary N) is 2. The lowest BCUT2D eigenvalue weighted by atomic mass is 10.1. The minimum Gasteiger partial charge on any atom is -0.491 e. The van der Waals surface area contributed by atoms with Crippen LogP contribution in [0.2, 0.25) is 0 Å². The Morgan fingerprint density at radius 3 is 2.69 bits per heavy atom. The Hall–Kier alpha value is -1.71. The summed E-state index contributed by atoms with van der Waals surface area (Å²) >= 11 is 0. The highest BCUT2D eigenvalue weighted by molar-refractivity contribution is 5.97. The molecular weight excluding hydrogens is 204 g/mol. The highest BCUT2D eigenvalue weighted by Gasteiger charge is 2.12. The molecule has 0 atom stereocenters. The zero-order valence-corrected chi connectivity index (χ0v) is 9.69. The van der Waals surface area contributed by atoms with Crippen molar-refractivity contribution < 1.29 is 9.53 Å². The quantitative estimate of drug-likeness (QED) is 0.745. The van der Waals surface area contributed by atoms with Crippen molar-refractivity contribution in [3.63, 3.8) is 0 Å². The van der Waals surface area contributed by atoms with E-state index in [2.05, 4.69) is 13.8 Å². The average molecular weight is 222 g/mol. The van der Waals surface area contributed by atoms with Crippen molar-refractivity contribution in [3.8, 4) is 5.75 Å². The molecule has 0 unspecified atom stereocenters. The molecule has 0 fully saturated rings. The van der Waals surface area contributed by atoms with Gasteiger partial charge in [-0.2, -0.15) is 0 Å². The molecule has 0 aromatic heterocycles. The number of carbonyl (C=O) groups is 1. The number of carbonyl (C=O) groups excluding carboxylic acids is 1. The smallest absolute Gasteiger partial charge is 0.252 e. The topological polar surface area (TPSA) is 78.3 Å². The van der Waals surface area contributed by atoms with Crippen LogP contribution in [0.5, 0.6) is 5.75 Å². The SMILES string of the molecule is CC(C)CCOc1c(N)cccc1C(N)=O. The van der Waals surface area contributed by atoms with Gasteiger partial charge >= 0.3 is 0 Å². The molecule has 4 N–H and O–H groups in total. The summed E-state index contributed by atoms with van der Waals surface area (Å²) in [5.41, 5.74) is 11.8. The molecule has 1 aromatic rings. The maximum Gasteiger partial charge on any atom is 0.252 e. The first-order valence-corrected chi connectivity index (χ1v) is 5.33. The second-order valence-electron chi connectivity index (χ2n) is 4.12. The first-order chi connectivity index (χ1) is 7.52. The van der Waals surface area contributed by atoms with Gasteiger partial charge in [0, 0.05) is 0 Å². The zero-order valence-electron chi connectivity index (χ0n) is 9.69. The van der Waals surface area contributed by atoms with E-state index in [1.54, 1.807) is 18.2 Å². The van der Waals surface area contributed by atoms with E-state index in [4.69, 9.17) is 16.2 Å². The van der Waals surface area contributed by atoms with Crippen LogP contribution < -0.4 is 16.2 Å². The summed E-state index contributed by atoms with van der Waals surface area (Å²) in [5.74, 6) is 0.421. The molecule has 1 amide bonds. The summed E-state index contributed by atoms with van der Waals surface area (Å²) in [6.45, 7) is 4.74. The number of para-hydroxylation sites is 1. The molecule has 88 valence electrons. The molecule has 0 radical (unpaired) electrons. The van der Waals surface area contributed by atoms with Crippen LogP contribution in [0.1, 0.15) is 30.6 Å². The van der Waals surface area contributed by atoms with Gasteiger partial charge in [0.05, 0.1) is 17.9 Å². The Bertz CT molecular complexity index is 375. The van der Waals surface area contributed by atoms with Gasteiger partial charge in [-0.15, -0.1) is 0 Å². The third-order valence-electron chi connectivity index (χ3n) is 2.25. The number of hydrogen-bond donors (Lipinski definition) is 2. The van der Waals surface area contributed by atoms with E-state index >= 15 is 0 Å². The van der Waals surface area contributed by atoms with Crippen LogP contribution in [0.25, 0.3) is 0 Å². The van der Waals surface area contributed by atoms with Crippen LogP contribution in [0.3, 0.4) is 0 Å².